The zero-order chi connectivity index (χ0) is 10.3. The highest BCUT2D eigenvalue weighted by Gasteiger charge is 2.34. The van der Waals surface area contributed by atoms with Gasteiger partial charge in [0.25, 0.3) is 0 Å². The summed E-state index contributed by atoms with van der Waals surface area (Å²) in [5, 5.41) is 3.40. The fourth-order valence-corrected chi connectivity index (χ4v) is 2.65. The molecule has 0 radical (unpaired) electrons. The summed E-state index contributed by atoms with van der Waals surface area (Å²) in [6.07, 6.45) is 5.07. The Labute approximate surface area is 88.2 Å². The number of pyridine rings is 1. The van der Waals surface area contributed by atoms with Crippen molar-refractivity contribution in [1.82, 2.24) is 10.3 Å². The summed E-state index contributed by atoms with van der Waals surface area (Å²) < 4.78 is 12.7. The zero-order valence-corrected chi connectivity index (χ0v) is 8.41. The fourth-order valence-electron chi connectivity index (χ4n) is 2.65. The zero-order valence-electron chi connectivity index (χ0n) is 8.41. The highest BCUT2D eigenvalue weighted by atomic mass is 19.1. The van der Waals surface area contributed by atoms with Gasteiger partial charge >= 0.3 is 0 Å². The molecule has 1 fully saturated rings. The van der Waals surface area contributed by atoms with Crippen LogP contribution in [0.5, 0.6) is 0 Å². The first-order valence-corrected chi connectivity index (χ1v) is 5.37. The average molecular weight is 204 g/mol. The molecule has 0 bridgehead atoms. The number of aromatic nitrogens is 1. The molecule has 3 rings (SSSR count). The van der Waals surface area contributed by atoms with Gasteiger partial charge in [-0.2, -0.15) is 4.39 Å². The van der Waals surface area contributed by atoms with Crippen LogP contribution in [0.15, 0.2) is 24.4 Å². The monoisotopic (exact) mass is 204 g/mol. The number of nitrogens with one attached hydrogen (secondary N) is 1. The van der Waals surface area contributed by atoms with Gasteiger partial charge in [0.05, 0.1) is 0 Å². The normalized spacial score (nSPS) is 29.0. The van der Waals surface area contributed by atoms with Crippen molar-refractivity contribution in [3.8, 4) is 0 Å². The smallest absolute Gasteiger partial charge is 0.212 e. The number of hydrogen-bond acceptors (Lipinski definition) is 2. The van der Waals surface area contributed by atoms with Crippen LogP contribution in [0.25, 0.3) is 5.57 Å². The van der Waals surface area contributed by atoms with Gasteiger partial charge < -0.3 is 5.32 Å². The van der Waals surface area contributed by atoms with Gasteiger partial charge in [0.15, 0.2) is 0 Å². The maximum Gasteiger partial charge on any atom is 0.212 e. The van der Waals surface area contributed by atoms with Crippen molar-refractivity contribution >= 4 is 5.57 Å². The minimum absolute atomic E-state index is 0.404. The number of hydrogen-bond donors (Lipinski definition) is 1. The Balaban J connectivity index is 1.91. The molecule has 3 heteroatoms. The second-order valence-corrected chi connectivity index (χ2v) is 4.29. The molecule has 0 amide bonds. The highest BCUT2D eigenvalue weighted by molar-refractivity contribution is 5.69. The molecule has 0 spiro atoms. The van der Waals surface area contributed by atoms with Crippen LogP contribution in [0.3, 0.4) is 0 Å². The molecule has 15 heavy (non-hydrogen) atoms. The fraction of sp³-hybridized carbons (Fsp3) is 0.417. The van der Waals surface area contributed by atoms with E-state index in [9.17, 15) is 4.39 Å². The summed E-state index contributed by atoms with van der Waals surface area (Å²) in [6, 6.07) is 3.26. The third-order valence-electron chi connectivity index (χ3n) is 3.44. The minimum Gasteiger partial charge on any atom is -0.316 e. The molecule has 1 aromatic heterocycles. The Bertz CT molecular complexity index is 397. The lowest BCUT2D eigenvalue weighted by Crippen LogP contribution is -2.10. The van der Waals surface area contributed by atoms with E-state index in [0.717, 1.165) is 31.0 Å². The van der Waals surface area contributed by atoms with Crippen molar-refractivity contribution < 1.29 is 4.39 Å². The van der Waals surface area contributed by atoms with E-state index in [-0.39, 0.29) is 0 Å². The second-order valence-electron chi connectivity index (χ2n) is 4.29. The Morgan fingerprint density at radius 1 is 1.33 bits per heavy atom. The number of halogens is 1. The van der Waals surface area contributed by atoms with E-state index >= 15 is 0 Å². The van der Waals surface area contributed by atoms with Crippen molar-refractivity contribution in [3.05, 3.63) is 35.9 Å². The van der Waals surface area contributed by atoms with Crippen LogP contribution in [0.2, 0.25) is 0 Å². The standard InChI is InChI=1S/C12H13FN2/c13-12-4-2-9(6-15-12)10-3-1-8-5-14-7-11(8)10/h2-4,6,8,11,14H,1,5,7H2. The SMILES string of the molecule is Fc1ccc(C2=CCC3CNCC23)cn1. The summed E-state index contributed by atoms with van der Waals surface area (Å²) in [5.74, 6) is 0.945. The first kappa shape index (κ1) is 9.04. The van der Waals surface area contributed by atoms with Crippen LogP contribution >= 0.6 is 0 Å². The number of fused-ring (bicyclic) bond motifs is 1. The van der Waals surface area contributed by atoms with Gasteiger partial charge in [-0.15, -0.1) is 0 Å². The van der Waals surface area contributed by atoms with Gasteiger partial charge in [-0.25, -0.2) is 4.98 Å². The summed E-state index contributed by atoms with van der Waals surface area (Å²) in [6.45, 7) is 2.16. The molecule has 2 unspecified atom stereocenters. The summed E-state index contributed by atoms with van der Waals surface area (Å²) in [4.78, 5) is 3.71. The van der Waals surface area contributed by atoms with Crippen LogP contribution in [0.4, 0.5) is 4.39 Å². The van der Waals surface area contributed by atoms with E-state index in [1.807, 2.05) is 6.07 Å². The number of nitrogens with zero attached hydrogens (tertiary/aromatic N) is 1. The lowest BCUT2D eigenvalue weighted by atomic mass is 9.91. The molecule has 1 aromatic rings. The summed E-state index contributed by atoms with van der Waals surface area (Å²) in [5.41, 5.74) is 2.42. The van der Waals surface area contributed by atoms with Crippen LogP contribution in [-0.2, 0) is 0 Å². The van der Waals surface area contributed by atoms with Crippen molar-refractivity contribution in [1.29, 1.82) is 0 Å². The van der Waals surface area contributed by atoms with E-state index in [1.165, 1.54) is 11.6 Å². The Morgan fingerprint density at radius 2 is 2.27 bits per heavy atom. The van der Waals surface area contributed by atoms with Gasteiger partial charge in [-0.05, 0) is 42.2 Å². The molecule has 1 aliphatic heterocycles. The molecular formula is C12H13FN2. The van der Waals surface area contributed by atoms with Gasteiger partial charge in [0.1, 0.15) is 0 Å². The van der Waals surface area contributed by atoms with E-state index < -0.39 is 5.95 Å². The predicted octanol–water partition coefficient (Wildman–Crippen LogP) is 1.84. The van der Waals surface area contributed by atoms with Crippen molar-refractivity contribution in [2.45, 2.75) is 6.42 Å². The van der Waals surface area contributed by atoms with Crippen LogP contribution in [-0.4, -0.2) is 18.1 Å². The Kier molecular flexibility index (Phi) is 2.06. The van der Waals surface area contributed by atoms with Crippen LogP contribution in [0, 0.1) is 17.8 Å². The Morgan fingerprint density at radius 3 is 3.07 bits per heavy atom. The lowest BCUT2D eigenvalue weighted by Gasteiger charge is -2.12. The third-order valence-corrected chi connectivity index (χ3v) is 3.44. The Hall–Kier alpha value is -1.22. The van der Waals surface area contributed by atoms with Crippen molar-refractivity contribution in [3.63, 3.8) is 0 Å². The van der Waals surface area contributed by atoms with E-state index in [0.29, 0.717) is 5.92 Å². The first-order chi connectivity index (χ1) is 7.34. The minimum atomic E-state index is -0.404. The quantitative estimate of drug-likeness (QED) is 0.706. The lowest BCUT2D eigenvalue weighted by molar-refractivity contribution is 0.541. The van der Waals surface area contributed by atoms with E-state index in [1.54, 1.807) is 6.20 Å². The third kappa shape index (κ3) is 1.47. The topological polar surface area (TPSA) is 24.9 Å². The largest absolute Gasteiger partial charge is 0.316 e. The average Bonchev–Trinajstić information content (AvgIpc) is 2.80. The molecule has 2 aliphatic rings. The van der Waals surface area contributed by atoms with Crippen molar-refractivity contribution in [2.24, 2.45) is 11.8 Å². The van der Waals surface area contributed by atoms with E-state index in [4.69, 9.17) is 0 Å². The van der Waals surface area contributed by atoms with Gasteiger partial charge in [-0.3, -0.25) is 0 Å². The molecule has 78 valence electrons. The van der Waals surface area contributed by atoms with Crippen LogP contribution < -0.4 is 5.32 Å². The first-order valence-electron chi connectivity index (χ1n) is 5.37. The highest BCUT2D eigenvalue weighted by Crippen LogP contribution is 2.39. The van der Waals surface area contributed by atoms with Gasteiger partial charge in [0.2, 0.25) is 5.95 Å². The predicted molar refractivity (Wildman–Crippen MR) is 56.6 cm³/mol. The van der Waals surface area contributed by atoms with Gasteiger partial charge in [0, 0.05) is 18.7 Å². The molecule has 2 atom stereocenters. The molecule has 1 N–H and O–H groups in total. The summed E-state index contributed by atoms with van der Waals surface area (Å²) in [7, 11) is 0. The maximum atomic E-state index is 12.7. The second kappa shape index (κ2) is 3.42. The number of rotatable bonds is 1. The molecule has 1 saturated heterocycles. The molecular weight excluding hydrogens is 191 g/mol. The molecule has 1 aliphatic carbocycles. The van der Waals surface area contributed by atoms with Crippen LogP contribution in [0.1, 0.15) is 12.0 Å². The van der Waals surface area contributed by atoms with Crippen molar-refractivity contribution in [2.75, 3.05) is 13.1 Å². The number of allylic oxidation sites excluding steroid dienone is 1. The van der Waals surface area contributed by atoms with Gasteiger partial charge in [-0.1, -0.05) is 6.08 Å². The van der Waals surface area contributed by atoms with E-state index in [2.05, 4.69) is 16.4 Å². The molecule has 2 nitrogen and oxygen atoms in total. The molecule has 0 aromatic carbocycles. The molecule has 0 saturated carbocycles. The molecule has 2 heterocycles. The summed E-state index contributed by atoms with van der Waals surface area (Å²) >= 11 is 0. The maximum absolute atomic E-state index is 12.7.